The van der Waals surface area contributed by atoms with Gasteiger partial charge in [-0.15, -0.1) is 0 Å². The summed E-state index contributed by atoms with van der Waals surface area (Å²) in [4.78, 5) is 14.1. The van der Waals surface area contributed by atoms with E-state index in [1.165, 1.54) is 0 Å². The summed E-state index contributed by atoms with van der Waals surface area (Å²) >= 11 is 0. The molecule has 19 heavy (non-hydrogen) atoms. The number of amides is 1. The second-order valence-corrected chi connectivity index (χ2v) is 5.24. The number of benzene rings is 1. The lowest BCUT2D eigenvalue weighted by molar-refractivity contribution is 0.0752. The van der Waals surface area contributed by atoms with Crippen LogP contribution in [0.1, 0.15) is 22.5 Å². The number of aliphatic hydroxyl groups is 1. The van der Waals surface area contributed by atoms with Gasteiger partial charge in [-0.3, -0.25) is 4.79 Å². The van der Waals surface area contributed by atoms with E-state index in [0.29, 0.717) is 18.8 Å². The number of carbonyl (C=O) groups is 1. The van der Waals surface area contributed by atoms with E-state index in [-0.39, 0.29) is 18.4 Å². The maximum Gasteiger partial charge on any atom is 0.289 e. The van der Waals surface area contributed by atoms with Gasteiger partial charge < -0.3 is 14.4 Å². The van der Waals surface area contributed by atoms with Gasteiger partial charge in [0.05, 0.1) is 0 Å². The Kier molecular flexibility index (Phi) is 3.03. The molecule has 1 amide bonds. The molecule has 0 bridgehead atoms. The van der Waals surface area contributed by atoms with Crippen molar-refractivity contribution in [2.24, 2.45) is 5.92 Å². The number of fused-ring (bicyclic) bond motifs is 1. The lowest BCUT2D eigenvalue weighted by Crippen LogP contribution is -2.28. The van der Waals surface area contributed by atoms with Crippen LogP contribution in [-0.4, -0.2) is 35.6 Å². The predicted molar refractivity (Wildman–Crippen MR) is 72.0 cm³/mol. The van der Waals surface area contributed by atoms with Crippen LogP contribution in [0.2, 0.25) is 0 Å². The van der Waals surface area contributed by atoms with Gasteiger partial charge in [0.25, 0.3) is 5.91 Å². The summed E-state index contributed by atoms with van der Waals surface area (Å²) in [6, 6.07) is 7.67. The zero-order valence-corrected chi connectivity index (χ0v) is 10.9. The number of aliphatic hydroxyl groups excluding tert-OH is 1. The molecule has 0 radical (unpaired) electrons. The van der Waals surface area contributed by atoms with Crippen molar-refractivity contribution in [3.63, 3.8) is 0 Å². The summed E-state index contributed by atoms with van der Waals surface area (Å²) in [6.45, 7) is 3.47. The number of carbonyl (C=O) groups excluding carboxylic acids is 1. The molecule has 1 aliphatic heterocycles. The number of furan rings is 1. The first-order valence-corrected chi connectivity index (χ1v) is 6.57. The van der Waals surface area contributed by atoms with E-state index < -0.39 is 0 Å². The van der Waals surface area contributed by atoms with Gasteiger partial charge in [0, 0.05) is 31.0 Å². The first kappa shape index (κ1) is 12.2. The molecule has 1 saturated heterocycles. The molecule has 1 unspecified atom stereocenters. The smallest absolute Gasteiger partial charge is 0.289 e. The van der Waals surface area contributed by atoms with Gasteiger partial charge >= 0.3 is 0 Å². The molecule has 1 fully saturated rings. The van der Waals surface area contributed by atoms with Crippen molar-refractivity contribution in [3.05, 3.63) is 35.6 Å². The second-order valence-electron chi connectivity index (χ2n) is 5.24. The standard InChI is InChI=1S/C15H17NO3/c1-10-2-3-13-12(6-10)7-14(19-13)15(18)16-5-4-11(8-16)9-17/h2-3,6-7,11,17H,4-5,8-9H2,1H3. The molecule has 4 nitrogen and oxygen atoms in total. The van der Waals surface area contributed by atoms with Crippen LogP contribution in [0, 0.1) is 12.8 Å². The topological polar surface area (TPSA) is 53.7 Å². The molecule has 0 aliphatic carbocycles. The molecule has 100 valence electrons. The van der Waals surface area contributed by atoms with Crippen LogP contribution in [-0.2, 0) is 0 Å². The molecule has 1 aliphatic rings. The van der Waals surface area contributed by atoms with Crippen molar-refractivity contribution >= 4 is 16.9 Å². The first-order chi connectivity index (χ1) is 9.17. The highest BCUT2D eigenvalue weighted by atomic mass is 16.3. The number of nitrogens with zero attached hydrogens (tertiary/aromatic N) is 1. The quantitative estimate of drug-likeness (QED) is 0.899. The Bertz CT molecular complexity index is 617. The third kappa shape index (κ3) is 2.24. The normalized spacial score (nSPS) is 19.3. The number of rotatable bonds is 2. The van der Waals surface area contributed by atoms with E-state index in [1.807, 2.05) is 25.1 Å². The molecule has 1 N–H and O–H groups in total. The summed E-state index contributed by atoms with van der Waals surface area (Å²) in [5.41, 5.74) is 1.89. The molecule has 1 atom stereocenters. The highest BCUT2D eigenvalue weighted by Crippen LogP contribution is 2.24. The number of likely N-dealkylation sites (tertiary alicyclic amines) is 1. The molecule has 2 aromatic rings. The van der Waals surface area contributed by atoms with Crippen molar-refractivity contribution in [3.8, 4) is 0 Å². The molecular weight excluding hydrogens is 242 g/mol. The van der Waals surface area contributed by atoms with Crippen LogP contribution in [0.3, 0.4) is 0 Å². The summed E-state index contributed by atoms with van der Waals surface area (Å²) in [5.74, 6) is 0.513. The lowest BCUT2D eigenvalue weighted by atomic mass is 10.1. The predicted octanol–water partition coefficient (Wildman–Crippen LogP) is 2.20. The van der Waals surface area contributed by atoms with Gasteiger partial charge in [-0.05, 0) is 31.5 Å². The van der Waals surface area contributed by atoms with Gasteiger partial charge in [0.2, 0.25) is 0 Å². The highest BCUT2D eigenvalue weighted by Gasteiger charge is 2.28. The maximum atomic E-state index is 12.3. The van der Waals surface area contributed by atoms with E-state index in [1.54, 1.807) is 11.0 Å². The van der Waals surface area contributed by atoms with E-state index in [4.69, 9.17) is 9.52 Å². The zero-order valence-electron chi connectivity index (χ0n) is 10.9. The Hall–Kier alpha value is -1.81. The Morgan fingerprint density at radius 3 is 3.05 bits per heavy atom. The van der Waals surface area contributed by atoms with Crippen molar-refractivity contribution in [1.29, 1.82) is 0 Å². The van der Waals surface area contributed by atoms with Gasteiger partial charge in [-0.2, -0.15) is 0 Å². The Labute approximate surface area is 111 Å². The minimum absolute atomic E-state index is 0.0789. The van der Waals surface area contributed by atoms with Crippen LogP contribution in [0.5, 0.6) is 0 Å². The van der Waals surface area contributed by atoms with Crippen molar-refractivity contribution in [1.82, 2.24) is 4.90 Å². The van der Waals surface area contributed by atoms with Gasteiger partial charge in [0.1, 0.15) is 5.58 Å². The molecule has 0 saturated carbocycles. The molecule has 0 spiro atoms. The Balaban J connectivity index is 1.86. The summed E-state index contributed by atoms with van der Waals surface area (Å²) in [7, 11) is 0. The minimum atomic E-state index is -0.0789. The fourth-order valence-electron chi connectivity index (χ4n) is 2.59. The molecule has 3 rings (SSSR count). The molecule has 1 aromatic heterocycles. The average molecular weight is 259 g/mol. The van der Waals surface area contributed by atoms with E-state index >= 15 is 0 Å². The van der Waals surface area contributed by atoms with E-state index in [9.17, 15) is 4.79 Å². The summed E-state index contributed by atoms with van der Waals surface area (Å²) in [5, 5.41) is 10.1. The third-order valence-corrected chi connectivity index (χ3v) is 3.71. The number of hydrogen-bond donors (Lipinski definition) is 1. The zero-order chi connectivity index (χ0) is 13.4. The Morgan fingerprint density at radius 2 is 2.32 bits per heavy atom. The van der Waals surface area contributed by atoms with Gasteiger partial charge in [0.15, 0.2) is 5.76 Å². The second kappa shape index (κ2) is 4.70. The van der Waals surface area contributed by atoms with Crippen LogP contribution in [0.25, 0.3) is 11.0 Å². The van der Waals surface area contributed by atoms with Crippen molar-refractivity contribution in [2.75, 3.05) is 19.7 Å². The Morgan fingerprint density at radius 1 is 1.47 bits per heavy atom. The van der Waals surface area contributed by atoms with Crippen LogP contribution in [0.4, 0.5) is 0 Å². The van der Waals surface area contributed by atoms with Crippen LogP contribution < -0.4 is 0 Å². The third-order valence-electron chi connectivity index (χ3n) is 3.71. The monoisotopic (exact) mass is 259 g/mol. The van der Waals surface area contributed by atoms with Crippen molar-refractivity contribution in [2.45, 2.75) is 13.3 Å². The largest absolute Gasteiger partial charge is 0.451 e. The minimum Gasteiger partial charge on any atom is -0.451 e. The molecule has 4 heteroatoms. The van der Waals surface area contributed by atoms with Gasteiger partial charge in [-0.25, -0.2) is 0 Å². The number of aryl methyl sites for hydroxylation is 1. The van der Waals surface area contributed by atoms with Crippen LogP contribution >= 0.6 is 0 Å². The SMILES string of the molecule is Cc1ccc2oc(C(=O)N3CCC(CO)C3)cc2c1. The highest BCUT2D eigenvalue weighted by molar-refractivity contribution is 5.96. The fraction of sp³-hybridized carbons (Fsp3) is 0.400. The first-order valence-electron chi connectivity index (χ1n) is 6.57. The summed E-state index contributed by atoms with van der Waals surface area (Å²) < 4.78 is 5.61. The summed E-state index contributed by atoms with van der Waals surface area (Å²) in [6.07, 6.45) is 0.863. The molecule has 2 heterocycles. The number of hydrogen-bond acceptors (Lipinski definition) is 3. The maximum absolute atomic E-state index is 12.3. The molecule has 1 aromatic carbocycles. The van der Waals surface area contributed by atoms with Gasteiger partial charge in [-0.1, -0.05) is 11.6 Å². The lowest BCUT2D eigenvalue weighted by Gasteiger charge is -2.13. The van der Waals surface area contributed by atoms with E-state index in [2.05, 4.69) is 0 Å². The van der Waals surface area contributed by atoms with E-state index in [0.717, 1.165) is 23.0 Å². The molecular formula is C15H17NO3. The fourth-order valence-corrected chi connectivity index (χ4v) is 2.59. The van der Waals surface area contributed by atoms with Crippen LogP contribution in [0.15, 0.2) is 28.7 Å². The average Bonchev–Trinajstić information content (AvgIpc) is 3.03. The van der Waals surface area contributed by atoms with Crippen molar-refractivity contribution < 1.29 is 14.3 Å².